The topological polar surface area (TPSA) is 49.0 Å². The summed E-state index contributed by atoms with van der Waals surface area (Å²) in [5.74, 6) is 0. The molecule has 0 N–H and O–H groups in total. The predicted octanol–water partition coefficient (Wildman–Crippen LogP) is 1.43. The highest BCUT2D eigenvalue weighted by atomic mass is 16.1. The van der Waals surface area contributed by atoms with Gasteiger partial charge in [-0.3, -0.25) is 4.79 Å². The lowest BCUT2D eigenvalue weighted by Crippen LogP contribution is -2.28. The first kappa shape index (κ1) is 12.3. The Morgan fingerprint density at radius 1 is 1.33 bits per heavy atom. The number of hydrogen-bond donors (Lipinski definition) is 0. The number of nitriles is 1. The van der Waals surface area contributed by atoms with Crippen LogP contribution in [0.1, 0.15) is 5.56 Å². The van der Waals surface area contributed by atoms with Crippen molar-refractivity contribution in [3.05, 3.63) is 46.2 Å². The molecular weight excluding hydrogens is 226 g/mol. The number of rotatable bonds is 3. The molecule has 0 fully saturated rings. The number of aromatic nitrogens is 1. The van der Waals surface area contributed by atoms with Gasteiger partial charge in [-0.15, -0.1) is 0 Å². The van der Waals surface area contributed by atoms with E-state index in [1.165, 1.54) is 0 Å². The third-order valence-corrected chi connectivity index (χ3v) is 2.89. The van der Waals surface area contributed by atoms with Crippen molar-refractivity contribution in [2.45, 2.75) is 6.54 Å². The van der Waals surface area contributed by atoms with Crippen LogP contribution in [0.15, 0.2) is 35.1 Å². The van der Waals surface area contributed by atoms with Crippen LogP contribution < -0.4 is 5.56 Å². The summed E-state index contributed by atoms with van der Waals surface area (Å²) >= 11 is 0. The summed E-state index contributed by atoms with van der Waals surface area (Å²) in [5, 5.41) is 9.93. The maximum atomic E-state index is 12.1. The van der Waals surface area contributed by atoms with Gasteiger partial charge in [0.15, 0.2) is 0 Å². The number of hydrogen-bond acceptors (Lipinski definition) is 3. The van der Waals surface area contributed by atoms with Crippen molar-refractivity contribution < 1.29 is 0 Å². The quantitative estimate of drug-likeness (QED) is 0.817. The van der Waals surface area contributed by atoms with Crippen molar-refractivity contribution in [1.29, 1.82) is 5.26 Å². The molecule has 0 spiro atoms. The fourth-order valence-electron chi connectivity index (χ4n) is 1.93. The van der Waals surface area contributed by atoms with Crippen LogP contribution in [-0.4, -0.2) is 30.1 Å². The van der Waals surface area contributed by atoms with Gasteiger partial charge in [-0.05, 0) is 31.6 Å². The molecule has 0 atom stereocenters. The van der Waals surface area contributed by atoms with E-state index in [0.717, 1.165) is 17.4 Å². The lowest BCUT2D eigenvalue weighted by atomic mass is 10.1. The molecule has 0 bridgehead atoms. The van der Waals surface area contributed by atoms with Gasteiger partial charge in [0, 0.05) is 13.1 Å². The van der Waals surface area contributed by atoms with Crippen LogP contribution in [0.5, 0.6) is 0 Å². The van der Waals surface area contributed by atoms with E-state index >= 15 is 0 Å². The van der Waals surface area contributed by atoms with Crippen LogP contribution in [0.2, 0.25) is 0 Å². The summed E-state index contributed by atoms with van der Waals surface area (Å²) in [6.07, 6.45) is 0. The van der Waals surface area contributed by atoms with Crippen molar-refractivity contribution in [3.8, 4) is 6.07 Å². The zero-order chi connectivity index (χ0) is 13.1. The Balaban J connectivity index is 2.64. The van der Waals surface area contributed by atoms with E-state index in [1.807, 2.05) is 49.3 Å². The lowest BCUT2D eigenvalue weighted by molar-refractivity contribution is 0.384. The number of fused-ring (bicyclic) bond motifs is 1. The monoisotopic (exact) mass is 241 g/mol. The minimum Gasteiger partial charge on any atom is -0.308 e. The second-order valence-electron chi connectivity index (χ2n) is 4.49. The molecule has 0 aliphatic rings. The summed E-state index contributed by atoms with van der Waals surface area (Å²) in [4.78, 5) is 14.2. The van der Waals surface area contributed by atoms with Crippen molar-refractivity contribution in [2.24, 2.45) is 0 Å². The lowest BCUT2D eigenvalue weighted by Gasteiger charge is -2.14. The van der Waals surface area contributed by atoms with Crippen LogP contribution >= 0.6 is 0 Å². The van der Waals surface area contributed by atoms with Gasteiger partial charge in [0.1, 0.15) is 11.6 Å². The van der Waals surface area contributed by atoms with Gasteiger partial charge in [0.2, 0.25) is 0 Å². The molecule has 0 radical (unpaired) electrons. The van der Waals surface area contributed by atoms with Crippen molar-refractivity contribution >= 4 is 10.9 Å². The Kier molecular flexibility index (Phi) is 3.45. The molecule has 2 aromatic rings. The summed E-state index contributed by atoms with van der Waals surface area (Å²) in [5.41, 5.74) is 0.869. The van der Waals surface area contributed by atoms with Gasteiger partial charge in [0.05, 0.1) is 5.52 Å². The third-order valence-electron chi connectivity index (χ3n) is 2.89. The Labute approximate surface area is 106 Å². The standard InChI is InChI=1S/C14H15N3O/c1-16(2)7-8-17-13-6-4-3-5-11(13)9-12(10-15)14(17)18/h3-6,9H,7-8H2,1-2H3. The van der Waals surface area contributed by atoms with Crippen LogP contribution in [0.4, 0.5) is 0 Å². The SMILES string of the molecule is CN(C)CCn1c(=O)c(C#N)cc2ccccc21. The van der Waals surface area contributed by atoms with E-state index in [-0.39, 0.29) is 11.1 Å². The molecular formula is C14H15N3O. The molecule has 1 aromatic heterocycles. The molecule has 0 unspecified atom stereocenters. The minimum atomic E-state index is -0.210. The Morgan fingerprint density at radius 3 is 2.72 bits per heavy atom. The van der Waals surface area contributed by atoms with E-state index in [4.69, 9.17) is 5.26 Å². The van der Waals surface area contributed by atoms with E-state index in [9.17, 15) is 4.79 Å². The van der Waals surface area contributed by atoms with Gasteiger partial charge in [-0.2, -0.15) is 5.26 Å². The molecule has 4 nitrogen and oxygen atoms in total. The molecule has 0 aliphatic carbocycles. The van der Waals surface area contributed by atoms with Crippen LogP contribution in [0, 0.1) is 11.3 Å². The number of benzene rings is 1. The van der Waals surface area contributed by atoms with E-state index < -0.39 is 0 Å². The molecule has 0 saturated carbocycles. The maximum absolute atomic E-state index is 12.1. The first-order valence-corrected chi connectivity index (χ1v) is 5.81. The summed E-state index contributed by atoms with van der Waals surface area (Å²) in [6, 6.07) is 11.3. The zero-order valence-electron chi connectivity index (χ0n) is 10.6. The second kappa shape index (κ2) is 5.03. The Morgan fingerprint density at radius 2 is 2.06 bits per heavy atom. The van der Waals surface area contributed by atoms with Crippen LogP contribution in [0.3, 0.4) is 0 Å². The van der Waals surface area contributed by atoms with Gasteiger partial charge in [-0.1, -0.05) is 18.2 Å². The van der Waals surface area contributed by atoms with Crippen LogP contribution in [-0.2, 0) is 6.54 Å². The highest BCUT2D eigenvalue weighted by Gasteiger charge is 2.08. The van der Waals surface area contributed by atoms with Gasteiger partial charge < -0.3 is 9.47 Å². The highest BCUT2D eigenvalue weighted by molar-refractivity contribution is 5.80. The Bertz CT molecular complexity index is 665. The first-order chi connectivity index (χ1) is 8.63. The van der Waals surface area contributed by atoms with Crippen molar-refractivity contribution in [1.82, 2.24) is 9.47 Å². The number of likely N-dealkylation sites (N-methyl/N-ethyl adjacent to an activating group) is 1. The molecule has 0 saturated heterocycles. The van der Waals surface area contributed by atoms with Gasteiger partial charge in [0.25, 0.3) is 5.56 Å². The fraction of sp³-hybridized carbons (Fsp3) is 0.286. The molecule has 0 aliphatic heterocycles. The normalized spacial score (nSPS) is 10.8. The van der Waals surface area contributed by atoms with E-state index in [2.05, 4.69) is 0 Å². The molecule has 1 aromatic carbocycles. The molecule has 0 amide bonds. The number of nitrogens with zero attached hydrogens (tertiary/aromatic N) is 3. The smallest absolute Gasteiger partial charge is 0.269 e. The van der Waals surface area contributed by atoms with Gasteiger partial charge >= 0.3 is 0 Å². The summed E-state index contributed by atoms with van der Waals surface area (Å²) in [7, 11) is 3.92. The average molecular weight is 241 g/mol. The van der Waals surface area contributed by atoms with Crippen LogP contribution in [0.25, 0.3) is 10.9 Å². The number of para-hydroxylation sites is 1. The van der Waals surface area contributed by atoms with Gasteiger partial charge in [-0.25, -0.2) is 0 Å². The minimum absolute atomic E-state index is 0.201. The fourth-order valence-corrected chi connectivity index (χ4v) is 1.93. The van der Waals surface area contributed by atoms with Crippen molar-refractivity contribution in [3.63, 3.8) is 0 Å². The van der Waals surface area contributed by atoms with E-state index in [1.54, 1.807) is 10.6 Å². The molecule has 18 heavy (non-hydrogen) atoms. The maximum Gasteiger partial charge on any atom is 0.269 e. The van der Waals surface area contributed by atoms with Crippen molar-refractivity contribution in [2.75, 3.05) is 20.6 Å². The highest BCUT2D eigenvalue weighted by Crippen LogP contribution is 2.12. The molecule has 1 heterocycles. The summed E-state index contributed by atoms with van der Waals surface area (Å²) in [6.45, 7) is 1.35. The number of pyridine rings is 1. The molecule has 4 heteroatoms. The van der Waals surface area contributed by atoms with E-state index in [0.29, 0.717) is 6.54 Å². The average Bonchev–Trinajstić information content (AvgIpc) is 2.36. The molecule has 2 rings (SSSR count). The first-order valence-electron chi connectivity index (χ1n) is 5.81. The largest absolute Gasteiger partial charge is 0.308 e. The summed E-state index contributed by atoms with van der Waals surface area (Å²) < 4.78 is 1.67. The zero-order valence-corrected chi connectivity index (χ0v) is 10.6. The third kappa shape index (κ3) is 2.27. The second-order valence-corrected chi connectivity index (χ2v) is 4.49. The predicted molar refractivity (Wildman–Crippen MR) is 71.5 cm³/mol. The Hall–Kier alpha value is -2.12. The molecule has 92 valence electrons.